The summed E-state index contributed by atoms with van der Waals surface area (Å²) >= 11 is 0. The van der Waals surface area contributed by atoms with Gasteiger partial charge < -0.3 is 0 Å². The van der Waals surface area contributed by atoms with Crippen LogP contribution in [0.2, 0.25) is 0 Å². The quantitative estimate of drug-likeness (QED) is 0.388. The van der Waals surface area contributed by atoms with Crippen LogP contribution in [-0.2, 0) is 0 Å². The number of hydrogen-bond donors (Lipinski definition) is 0. The van der Waals surface area contributed by atoms with Gasteiger partial charge in [-0.25, -0.2) is 0 Å². The zero-order valence-electron chi connectivity index (χ0n) is 7.27. The molecule has 0 atom stereocenters. The van der Waals surface area contributed by atoms with E-state index in [-0.39, 0.29) is 0 Å². The van der Waals surface area contributed by atoms with E-state index >= 15 is 0 Å². The molecule has 0 bridgehead atoms. The van der Waals surface area contributed by atoms with Crippen molar-refractivity contribution in [2.45, 2.75) is 46.0 Å². The molecule has 0 N–H and O–H groups in total. The highest BCUT2D eigenvalue weighted by molar-refractivity contribution is 4.82. The lowest BCUT2D eigenvalue weighted by Crippen LogP contribution is -1.71. The first-order chi connectivity index (χ1) is 4.91. The van der Waals surface area contributed by atoms with E-state index in [1.54, 1.807) is 0 Å². The van der Waals surface area contributed by atoms with Gasteiger partial charge in [0, 0.05) is 0 Å². The van der Waals surface area contributed by atoms with Gasteiger partial charge in [-0.3, -0.25) is 0 Å². The van der Waals surface area contributed by atoms with Gasteiger partial charge in [-0.2, -0.15) is 0 Å². The normalized spacial score (nSPS) is 11.0. The predicted molar refractivity (Wildman–Crippen MR) is 47.9 cm³/mol. The van der Waals surface area contributed by atoms with Gasteiger partial charge >= 0.3 is 0 Å². The summed E-state index contributed by atoms with van der Waals surface area (Å²) in [5.74, 6) is 0. The molecule has 0 aromatic rings. The molecule has 0 aliphatic heterocycles. The van der Waals surface area contributed by atoms with Crippen LogP contribution in [0.3, 0.4) is 0 Å². The maximum absolute atomic E-state index is 2.33. The summed E-state index contributed by atoms with van der Waals surface area (Å²) in [4.78, 5) is 0. The minimum absolute atomic E-state index is 1.21. The third kappa shape index (κ3) is 7.74. The molecule has 0 saturated carbocycles. The highest BCUT2D eigenvalue weighted by Gasteiger charge is 1.80. The van der Waals surface area contributed by atoms with Crippen LogP contribution in [0, 0.1) is 6.42 Å². The molecule has 0 nitrogen and oxygen atoms in total. The average molecular weight is 139 g/mol. The molecule has 0 amide bonds. The highest BCUT2D eigenvalue weighted by Crippen LogP contribution is 1.99. The van der Waals surface area contributed by atoms with Crippen LogP contribution in [0.5, 0.6) is 0 Å². The second-order valence-electron chi connectivity index (χ2n) is 2.53. The smallest absolute Gasteiger partial charge is 0.0348 e. The molecule has 1 radical (unpaired) electrons. The summed E-state index contributed by atoms with van der Waals surface area (Å²) in [5.41, 5.74) is 0. The lowest BCUT2D eigenvalue weighted by Gasteiger charge is -1.90. The Morgan fingerprint density at radius 1 is 0.900 bits per heavy atom. The van der Waals surface area contributed by atoms with Gasteiger partial charge in [0.1, 0.15) is 0 Å². The fraction of sp³-hybridized carbons (Fsp3) is 0.700. The Labute approximate surface area is 65.3 Å². The van der Waals surface area contributed by atoms with Crippen LogP contribution in [-0.4, -0.2) is 0 Å². The van der Waals surface area contributed by atoms with Crippen molar-refractivity contribution in [2.24, 2.45) is 0 Å². The topological polar surface area (TPSA) is 0 Å². The Balaban J connectivity index is 2.88. The molecule has 0 aromatic carbocycles. The van der Waals surface area contributed by atoms with Crippen LogP contribution in [0.4, 0.5) is 0 Å². The summed E-state index contributed by atoms with van der Waals surface area (Å²) in [7, 11) is 0. The van der Waals surface area contributed by atoms with Crippen molar-refractivity contribution in [3.05, 3.63) is 18.6 Å². The summed E-state index contributed by atoms with van der Waals surface area (Å²) in [5, 5.41) is 0. The van der Waals surface area contributed by atoms with Gasteiger partial charge in [0.25, 0.3) is 0 Å². The molecule has 0 aliphatic rings. The maximum atomic E-state index is 2.33. The van der Waals surface area contributed by atoms with Crippen LogP contribution < -0.4 is 0 Å². The minimum Gasteiger partial charge on any atom is -0.0885 e. The Bertz CT molecular complexity index is 72.1. The fourth-order valence-electron chi connectivity index (χ4n) is 0.821. The Hall–Kier alpha value is -0.260. The van der Waals surface area contributed by atoms with E-state index in [4.69, 9.17) is 0 Å². The predicted octanol–water partition coefficient (Wildman–Crippen LogP) is 3.74. The number of hydrogen-bond acceptors (Lipinski definition) is 0. The first-order valence-electron chi connectivity index (χ1n) is 4.38. The molecule has 0 spiro atoms. The average Bonchev–Trinajstić information content (AvgIpc) is 1.97. The van der Waals surface area contributed by atoms with Crippen molar-refractivity contribution >= 4 is 0 Å². The van der Waals surface area contributed by atoms with E-state index in [1.807, 2.05) is 0 Å². The maximum Gasteiger partial charge on any atom is -0.0348 e. The SMILES string of the molecule is CC[CH]CCC=CCCC. The summed E-state index contributed by atoms with van der Waals surface area (Å²) in [6.45, 7) is 4.40. The summed E-state index contributed by atoms with van der Waals surface area (Å²) in [6, 6.07) is 0. The van der Waals surface area contributed by atoms with Gasteiger partial charge in [-0.15, -0.1) is 0 Å². The van der Waals surface area contributed by atoms with Crippen molar-refractivity contribution < 1.29 is 0 Å². The van der Waals surface area contributed by atoms with E-state index in [0.29, 0.717) is 0 Å². The first kappa shape index (κ1) is 9.74. The van der Waals surface area contributed by atoms with E-state index in [9.17, 15) is 0 Å². The molecule has 10 heavy (non-hydrogen) atoms. The second-order valence-corrected chi connectivity index (χ2v) is 2.53. The van der Waals surface area contributed by atoms with Crippen LogP contribution in [0.25, 0.3) is 0 Å². The van der Waals surface area contributed by atoms with Crippen molar-refractivity contribution in [1.82, 2.24) is 0 Å². The van der Waals surface area contributed by atoms with E-state index in [2.05, 4.69) is 32.4 Å². The van der Waals surface area contributed by atoms with Gasteiger partial charge in [-0.1, -0.05) is 38.8 Å². The second kappa shape index (κ2) is 8.74. The Morgan fingerprint density at radius 3 is 2.20 bits per heavy atom. The summed E-state index contributed by atoms with van der Waals surface area (Å²) < 4.78 is 0. The molecule has 0 aromatic heterocycles. The van der Waals surface area contributed by atoms with E-state index < -0.39 is 0 Å². The van der Waals surface area contributed by atoms with Crippen LogP contribution in [0.1, 0.15) is 46.0 Å². The van der Waals surface area contributed by atoms with E-state index in [1.165, 1.54) is 32.1 Å². The summed E-state index contributed by atoms with van der Waals surface area (Å²) in [6.07, 6.45) is 13.1. The Kier molecular flexibility index (Phi) is 8.51. The number of rotatable bonds is 6. The lowest BCUT2D eigenvalue weighted by atomic mass is 10.2. The van der Waals surface area contributed by atoms with Gasteiger partial charge in [-0.05, 0) is 25.7 Å². The fourth-order valence-corrected chi connectivity index (χ4v) is 0.821. The zero-order valence-corrected chi connectivity index (χ0v) is 7.27. The number of unbranched alkanes of at least 4 members (excludes halogenated alkanes) is 4. The van der Waals surface area contributed by atoms with Crippen molar-refractivity contribution in [3.63, 3.8) is 0 Å². The first-order valence-corrected chi connectivity index (χ1v) is 4.38. The van der Waals surface area contributed by atoms with Gasteiger partial charge in [0.05, 0.1) is 0 Å². The van der Waals surface area contributed by atoms with Crippen LogP contribution >= 0.6 is 0 Å². The standard InChI is InChI=1S/C10H19/c1-3-5-7-9-10-8-6-4-2/h5,8,10H,3-4,6-7,9H2,1-2H3. The van der Waals surface area contributed by atoms with Crippen molar-refractivity contribution in [3.8, 4) is 0 Å². The molecule has 0 aliphatic carbocycles. The largest absolute Gasteiger partial charge is 0.0885 e. The monoisotopic (exact) mass is 139 g/mol. The van der Waals surface area contributed by atoms with Crippen molar-refractivity contribution in [1.29, 1.82) is 0 Å². The molecule has 59 valence electrons. The van der Waals surface area contributed by atoms with E-state index in [0.717, 1.165) is 0 Å². The third-order valence-electron chi connectivity index (χ3n) is 1.45. The number of allylic oxidation sites excluding steroid dienone is 2. The molecular weight excluding hydrogens is 120 g/mol. The molecule has 0 fully saturated rings. The minimum atomic E-state index is 1.21. The Morgan fingerprint density at radius 2 is 1.60 bits per heavy atom. The van der Waals surface area contributed by atoms with Crippen LogP contribution in [0.15, 0.2) is 12.2 Å². The molecular formula is C10H19. The van der Waals surface area contributed by atoms with Crippen molar-refractivity contribution in [2.75, 3.05) is 0 Å². The molecule has 0 rings (SSSR count). The lowest BCUT2D eigenvalue weighted by molar-refractivity contribution is 0.889. The molecule has 0 heterocycles. The van der Waals surface area contributed by atoms with Gasteiger partial charge in [0.15, 0.2) is 0 Å². The highest BCUT2D eigenvalue weighted by atomic mass is 13.9. The molecule has 0 unspecified atom stereocenters. The van der Waals surface area contributed by atoms with Gasteiger partial charge in [0.2, 0.25) is 0 Å². The molecule has 0 saturated heterocycles. The molecule has 0 heteroatoms. The third-order valence-corrected chi connectivity index (χ3v) is 1.45. The zero-order chi connectivity index (χ0) is 7.66.